The van der Waals surface area contributed by atoms with Crippen LogP contribution >= 0.6 is 0 Å². The Bertz CT molecular complexity index is 209. The van der Waals surface area contributed by atoms with E-state index in [1.165, 1.54) is 25.7 Å². The highest BCUT2D eigenvalue weighted by molar-refractivity contribution is 5.79. The molecule has 1 aliphatic rings. The average molecular weight is 197 g/mol. The van der Waals surface area contributed by atoms with Crippen LogP contribution in [-0.4, -0.2) is 26.1 Å². The highest BCUT2D eigenvalue weighted by atomic mass is 15.2. The molecule has 82 valence electrons. The summed E-state index contributed by atoms with van der Waals surface area (Å²) in [5, 5.41) is 6.56. The van der Waals surface area contributed by atoms with Crippen LogP contribution in [0.2, 0.25) is 0 Å². The van der Waals surface area contributed by atoms with E-state index in [0.29, 0.717) is 11.5 Å². The van der Waals surface area contributed by atoms with Gasteiger partial charge in [0.25, 0.3) is 0 Å². The van der Waals surface area contributed by atoms with E-state index >= 15 is 0 Å². The summed E-state index contributed by atoms with van der Waals surface area (Å²) in [4.78, 5) is 4.16. The summed E-state index contributed by atoms with van der Waals surface area (Å²) in [5.41, 5.74) is 0.394. The van der Waals surface area contributed by atoms with Crippen LogP contribution in [0.4, 0.5) is 0 Å². The van der Waals surface area contributed by atoms with Gasteiger partial charge < -0.3 is 10.6 Å². The van der Waals surface area contributed by atoms with Gasteiger partial charge in [0.2, 0.25) is 0 Å². The third-order valence-electron chi connectivity index (χ3n) is 3.28. The lowest BCUT2D eigenvalue weighted by Crippen LogP contribution is -2.50. The molecule has 0 bridgehead atoms. The number of nitrogens with one attached hydrogen (secondary N) is 2. The van der Waals surface area contributed by atoms with Gasteiger partial charge in [-0.3, -0.25) is 4.99 Å². The monoisotopic (exact) mass is 197 g/mol. The van der Waals surface area contributed by atoms with Gasteiger partial charge in [-0.2, -0.15) is 0 Å². The predicted molar refractivity (Wildman–Crippen MR) is 61.6 cm³/mol. The molecule has 0 radical (unpaired) electrons. The molecule has 0 aromatic carbocycles. The molecular weight excluding hydrogens is 174 g/mol. The molecule has 1 fully saturated rings. The zero-order valence-electron chi connectivity index (χ0n) is 9.85. The molecule has 3 heteroatoms. The van der Waals surface area contributed by atoms with Crippen molar-refractivity contribution in [1.29, 1.82) is 0 Å². The summed E-state index contributed by atoms with van der Waals surface area (Å²) in [6, 6.07) is 0.558. The smallest absolute Gasteiger partial charge is 0.190 e. The second-order valence-corrected chi connectivity index (χ2v) is 4.75. The number of nitrogens with zero attached hydrogens (tertiary/aromatic N) is 1. The van der Waals surface area contributed by atoms with Crippen LogP contribution in [0.25, 0.3) is 0 Å². The first-order valence-electron chi connectivity index (χ1n) is 5.51. The van der Waals surface area contributed by atoms with Gasteiger partial charge in [0.05, 0.1) is 0 Å². The lowest BCUT2D eigenvalue weighted by molar-refractivity contribution is 0.185. The van der Waals surface area contributed by atoms with Gasteiger partial charge in [-0.05, 0) is 18.3 Å². The zero-order chi connectivity index (χ0) is 10.6. The highest BCUT2D eigenvalue weighted by Gasteiger charge is 2.32. The molecule has 14 heavy (non-hydrogen) atoms. The first-order valence-corrected chi connectivity index (χ1v) is 5.51. The number of hydrogen-bond acceptors (Lipinski definition) is 1. The molecule has 1 atom stereocenters. The number of rotatable bonds is 1. The van der Waals surface area contributed by atoms with Gasteiger partial charge in [-0.15, -0.1) is 0 Å². The number of guanidine groups is 1. The third-order valence-corrected chi connectivity index (χ3v) is 3.28. The third kappa shape index (κ3) is 2.63. The van der Waals surface area contributed by atoms with Gasteiger partial charge in [-0.25, -0.2) is 0 Å². The Morgan fingerprint density at radius 2 is 2.07 bits per heavy atom. The molecule has 1 saturated carbocycles. The van der Waals surface area contributed by atoms with E-state index in [0.717, 1.165) is 5.96 Å². The summed E-state index contributed by atoms with van der Waals surface area (Å²) in [5.74, 6) is 0.907. The van der Waals surface area contributed by atoms with Crippen LogP contribution < -0.4 is 10.6 Å². The lowest BCUT2D eigenvalue weighted by atomic mass is 9.73. The maximum Gasteiger partial charge on any atom is 0.190 e. The summed E-state index contributed by atoms with van der Waals surface area (Å²) >= 11 is 0. The van der Waals surface area contributed by atoms with E-state index in [1.54, 1.807) is 0 Å². The second-order valence-electron chi connectivity index (χ2n) is 4.75. The Morgan fingerprint density at radius 3 is 2.57 bits per heavy atom. The molecule has 1 aliphatic carbocycles. The first-order chi connectivity index (χ1) is 6.60. The van der Waals surface area contributed by atoms with E-state index in [4.69, 9.17) is 0 Å². The molecule has 0 spiro atoms. The van der Waals surface area contributed by atoms with E-state index in [1.807, 2.05) is 14.1 Å². The van der Waals surface area contributed by atoms with Crippen LogP contribution in [0.1, 0.15) is 39.5 Å². The molecule has 0 aromatic heterocycles. The van der Waals surface area contributed by atoms with Gasteiger partial charge in [0, 0.05) is 20.1 Å². The molecule has 1 unspecified atom stereocenters. The van der Waals surface area contributed by atoms with Crippen molar-refractivity contribution in [2.24, 2.45) is 10.4 Å². The van der Waals surface area contributed by atoms with Crippen molar-refractivity contribution in [3.63, 3.8) is 0 Å². The van der Waals surface area contributed by atoms with Crippen molar-refractivity contribution in [3.8, 4) is 0 Å². The minimum atomic E-state index is 0.394. The summed E-state index contributed by atoms with van der Waals surface area (Å²) in [7, 11) is 3.72. The Labute approximate surface area is 87.4 Å². The fourth-order valence-electron chi connectivity index (χ4n) is 2.18. The Kier molecular flexibility index (Phi) is 3.78. The fourth-order valence-corrected chi connectivity index (χ4v) is 2.18. The van der Waals surface area contributed by atoms with Crippen LogP contribution in [0.15, 0.2) is 4.99 Å². The minimum Gasteiger partial charge on any atom is -0.359 e. The zero-order valence-corrected chi connectivity index (χ0v) is 9.85. The molecule has 0 aromatic rings. The largest absolute Gasteiger partial charge is 0.359 e. The van der Waals surface area contributed by atoms with Crippen LogP contribution in [0.5, 0.6) is 0 Å². The standard InChI is InChI=1S/C11H23N3/c1-11(2)8-6-5-7-9(11)14-10(12-3)13-4/h9H,5-8H2,1-4H3,(H2,12,13,14). The van der Waals surface area contributed by atoms with E-state index in [2.05, 4.69) is 29.5 Å². The molecule has 1 rings (SSSR count). The maximum atomic E-state index is 4.16. The molecule has 3 nitrogen and oxygen atoms in total. The Morgan fingerprint density at radius 1 is 1.36 bits per heavy atom. The fraction of sp³-hybridized carbons (Fsp3) is 0.909. The lowest BCUT2D eigenvalue weighted by Gasteiger charge is -2.39. The molecule has 0 amide bonds. The summed E-state index contributed by atoms with van der Waals surface area (Å²) < 4.78 is 0. The van der Waals surface area contributed by atoms with E-state index in [-0.39, 0.29) is 0 Å². The maximum absolute atomic E-state index is 4.16. The molecule has 2 N–H and O–H groups in total. The van der Waals surface area contributed by atoms with Crippen LogP contribution in [0.3, 0.4) is 0 Å². The van der Waals surface area contributed by atoms with Gasteiger partial charge in [0.1, 0.15) is 0 Å². The van der Waals surface area contributed by atoms with Gasteiger partial charge in [-0.1, -0.05) is 26.7 Å². The van der Waals surface area contributed by atoms with Gasteiger partial charge in [0.15, 0.2) is 5.96 Å². The molecule has 0 heterocycles. The minimum absolute atomic E-state index is 0.394. The highest BCUT2D eigenvalue weighted by Crippen LogP contribution is 2.35. The average Bonchev–Trinajstić information content (AvgIpc) is 2.16. The van der Waals surface area contributed by atoms with Crippen molar-refractivity contribution < 1.29 is 0 Å². The summed E-state index contributed by atoms with van der Waals surface area (Å²) in [6.07, 6.45) is 5.27. The van der Waals surface area contributed by atoms with Crippen LogP contribution in [0, 0.1) is 5.41 Å². The van der Waals surface area contributed by atoms with E-state index < -0.39 is 0 Å². The quantitative estimate of drug-likeness (QED) is 0.496. The van der Waals surface area contributed by atoms with Gasteiger partial charge >= 0.3 is 0 Å². The Hall–Kier alpha value is -0.730. The first kappa shape index (κ1) is 11.3. The van der Waals surface area contributed by atoms with Crippen LogP contribution in [-0.2, 0) is 0 Å². The van der Waals surface area contributed by atoms with Crippen molar-refractivity contribution in [2.75, 3.05) is 14.1 Å². The topological polar surface area (TPSA) is 36.4 Å². The predicted octanol–water partition coefficient (Wildman–Crippen LogP) is 1.75. The molecule has 0 aliphatic heterocycles. The van der Waals surface area contributed by atoms with Crippen molar-refractivity contribution in [3.05, 3.63) is 0 Å². The SMILES string of the molecule is CN=C(NC)NC1CCCCC1(C)C. The Balaban J connectivity index is 2.57. The van der Waals surface area contributed by atoms with Crippen molar-refractivity contribution >= 4 is 5.96 Å². The van der Waals surface area contributed by atoms with Crippen molar-refractivity contribution in [1.82, 2.24) is 10.6 Å². The molecular formula is C11H23N3. The normalized spacial score (nSPS) is 27.1. The summed E-state index contributed by atoms with van der Waals surface area (Å²) in [6.45, 7) is 4.68. The number of aliphatic imine (C=N–C) groups is 1. The van der Waals surface area contributed by atoms with E-state index in [9.17, 15) is 0 Å². The molecule has 0 saturated heterocycles. The second kappa shape index (κ2) is 4.67. The van der Waals surface area contributed by atoms with Crippen molar-refractivity contribution in [2.45, 2.75) is 45.6 Å². The number of hydrogen-bond donors (Lipinski definition) is 2.